The van der Waals surface area contributed by atoms with E-state index in [9.17, 15) is 22.8 Å². The molecule has 0 aromatic heterocycles. The Hall–Kier alpha value is -2.42. The second kappa shape index (κ2) is 11.3. The number of para-hydroxylation sites is 1. The Morgan fingerprint density at radius 2 is 1.85 bits per heavy atom. The Morgan fingerprint density at radius 3 is 2.53 bits per heavy atom. The molecule has 3 rings (SSSR count). The van der Waals surface area contributed by atoms with Gasteiger partial charge in [-0.05, 0) is 55.1 Å². The predicted molar refractivity (Wildman–Crippen MR) is 128 cm³/mol. The zero-order valence-corrected chi connectivity index (χ0v) is 20.9. The van der Waals surface area contributed by atoms with Crippen LogP contribution in [0.1, 0.15) is 63.2 Å². The van der Waals surface area contributed by atoms with E-state index in [0.29, 0.717) is 29.9 Å². The lowest BCUT2D eigenvalue weighted by atomic mass is 9.75. The number of sulfone groups is 1. The Bertz CT molecular complexity index is 1000. The molecule has 2 fully saturated rings. The Kier molecular flexibility index (Phi) is 8.73. The van der Waals surface area contributed by atoms with E-state index in [1.165, 1.54) is 0 Å². The molecular weight excluding hydrogens is 458 g/mol. The van der Waals surface area contributed by atoms with Gasteiger partial charge in [-0.25, -0.2) is 13.2 Å². The lowest BCUT2D eigenvalue weighted by Gasteiger charge is -2.36. The predicted octanol–water partition coefficient (Wildman–Crippen LogP) is 3.61. The van der Waals surface area contributed by atoms with Crippen molar-refractivity contribution in [2.75, 3.05) is 23.4 Å². The largest absolute Gasteiger partial charge is 0.458 e. The quantitative estimate of drug-likeness (QED) is 0.550. The number of amides is 1. The van der Waals surface area contributed by atoms with E-state index in [2.05, 4.69) is 26.1 Å². The minimum atomic E-state index is -3.08. The number of nitrogens with one attached hydrogen (secondary N) is 1. The molecule has 1 heterocycles. The number of carbonyl (C=O) groups is 3. The van der Waals surface area contributed by atoms with Crippen molar-refractivity contribution < 1.29 is 32.3 Å². The molecule has 4 unspecified atom stereocenters. The molecule has 1 aromatic carbocycles. The van der Waals surface area contributed by atoms with Gasteiger partial charge in [0.25, 0.3) is 5.91 Å². The number of hydrogen-bond acceptors (Lipinski definition) is 7. The average Bonchev–Trinajstić information content (AvgIpc) is 3.10. The van der Waals surface area contributed by atoms with Crippen molar-refractivity contribution in [3.63, 3.8) is 0 Å². The molecule has 1 aliphatic heterocycles. The maximum absolute atomic E-state index is 13.0. The molecule has 1 saturated heterocycles. The van der Waals surface area contributed by atoms with Crippen molar-refractivity contribution in [3.8, 4) is 0 Å². The number of carbonyl (C=O) groups excluding carboxylic acids is 3. The molecule has 188 valence electrons. The summed E-state index contributed by atoms with van der Waals surface area (Å²) in [5, 5.41) is 2.62. The highest BCUT2D eigenvalue weighted by Crippen LogP contribution is 2.36. The molecule has 0 radical (unpaired) electrons. The van der Waals surface area contributed by atoms with Crippen molar-refractivity contribution in [2.24, 2.45) is 23.7 Å². The maximum atomic E-state index is 13.0. The highest BCUT2D eigenvalue weighted by atomic mass is 32.2. The van der Waals surface area contributed by atoms with Gasteiger partial charge in [0.05, 0.1) is 22.8 Å². The number of hydrogen-bond donors (Lipinski definition) is 1. The van der Waals surface area contributed by atoms with Crippen LogP contribution in [0.4, 0.5) is 5.69 Å². The van der Waals surface area contributed by atoms with E-state index >= 15 is 0 Å². The number of esters is 2. The van der Waals surface area contributed by atoms with Gasteiger partial charge in [0.1, 0.15) is 6.10 Å². The lowest BCUT2D eigenvalue weighted by Crippen LogP contribution is -2.36. The number of ether oxygens (including phenoxy) is 2. The third-order valence-electron chi connectivity index (χ3n) is 6.79. The Labute approximate surface area is 201 Å². The van der Waals surface area contributed by atoms with Crippen LogP contribution in [0.15, 0.2) is 24.3 Å². The summed E-state index contributed by atoms with van der Waals surface area (Å²) < 4.78 is 34.0. The van der Waals surface area contributed by atoms with Crippen molar-refractivity contribution in [1.82, 2.24) is 0 Å². The van der Waals surface area contributed by atoms with Gasteiger partial charge in [-0.3, -0.25) is 9.59 Å². The summed E-state index contributed by atoms with van der Waals surface area (Å²) in [6.07, 6.45) is 3.19. The van der Waals surface area contributed by atoms with E-state index < -0.39 is 34.3 Å². The smallest absolute Gasteiger partial charge is 0.340 e. The maximum Gasteiger partial charge on any atom is 0.340 e. The molecule has 1 aliphatic carbocycles. The van der Waals surface area contributed by atoms with Gasteiger partial charge >= 0.3 is 11.9 Å². The lowest BCUT2D eigenvalue weighted by molar-refractivity contribution is -0.148. The minimum Gasteiger partial charge on any atom is -0.458 e. The molecule has 9 heteroatoms. The number of benzene rings is 1. The van der Waals surface area contributed by atoms with Gasteiger partial charge in [0, 0.05) is 6.42 Å². The fraction of sp³-hybridized carbons (Fsp3) is 0.640. The first-order valence-corrected chi connectivity index (χ1v) is 13.8. The van der Waals surface area contributed by atoms with Gasteiger partial charge < -0.3 is 14.8 Å². The van der Waals surface area contributed by atoms with E-state index in [0.717, 1.165) is 19.3 Å². The van der Waals surface area contributed by atoms with Crippen LogP contribution in [-0.2, 0) is 28.9 Å². The molecule has 34 heavy (non-hydrogen) atoms. The van der Waals surface area contributed by atoms with E-state index in [1.807, 2.05) is 0 Å². The zero-order valence-electron chi connectivity index (χ0n) is 20.1. The van der Waals surface area contributed by atoms with Gasteiger partial charge in [-0.15, -0.1) is 0 Å². The fourth-order valence-electron chi connectivity index (χ4n) is 4.88. The van der Waals surface area contributed by atoms with Crippen LogP contribution < -0.4 is 5.32 Å². The molecule has 8 nitrogen and oxygen atoms in total. The first-order chi connectivity index (χ1) is 16.0. The second-order valence-corrected chi connectivity index (χ2v) is 12.2. The highest BCUT2D eigenvalue weighted by molar-refractivity contribution is 7.91. The van der Waals surface area contributed by atoms with Gasteiger partial charge in [0.2, 0.25) is 0 Å². The van der Waals surface area contributed by atoms with Gasteiger partial charge in [0.15, 0.2) is 16.4 Å². The summed E-state index contributed by atoms with van der Waals surface area (Å²) in [5.41, 5.74) is 0.541. The molecule has 4 atom stereocenters. The number of rotatable bonds is 8. The highest BCUT2D eigenvalue weighted by Gasteiger charge is 2.34. The molecular formula is C25H35NO7S. The Morgan fingerprint density at radius 1 is 1.12 bits per heavy atom. The summed E-state index contributed by atoms with van der Waals surface area (Å²) in [6, 6.07) is 6.59. The first kappa shape index (κ1) is 26.2. The molecule has 1 aromatic rings. The molecule has 1 amide bonds. The van der Waals surface area contributed by atoms with E-state index in [4.69, 9.17) is 9.47 Å². The summed E-state index contributed by atoms with van der Waals surface area (Å²) in [4.78, 5) is 37.4. The average molecular weight is 494 g/mol. The monoisotopic (exact) mass is 493 g/mol. The van der Waals surface area contributed by atoms with Crippen LogP contribution >= 0.6 is 0 Å². The molecule has 0 bridgehead atoms. The zero-order chi connectivity index (χ0) is 24.9. The summed E-state index contributed by atoms with van der Waals surface area (Å²) in [7, 11) is -3.08. The Balaban J connectivity index is 1.55. The first-order valence-electron chi connectivity index (χ1n) is 12.0. The summed E-state index contributed by atoms with van der Waals surface area (Å²) >= 11 is 0. The van der Waals surface area contributed by atoms with Crippen LogP contribution in [0.25, 0.3) is 0 Å². The van der Waals surface area contributed by atoms with Crippen molar-refractivity contribution in [3.05, 3.63) is 29.8 Å². The van der Waals surface area contributed by atoms with Crippen molar-refractivity contribution in [2.45, 2.75) is 59.0 Å². The van der Waals surface area contributed by atoms with E-state index in [-0.39, 0.29) is 35.5 Å². The summed E-state index contributed by atoms with van der Waals surface area (Å²) in [6.45, 7) is 5.93. The van der Waals surface area contributed by atoms with Crippen molar-refractivity contribution >= 4 is 33.4 Å². The summed E-state index contributed by atoms with van der Waals surface area (Å²) in [5.74, 6) is -0.711. The van der Waals surface area contributed by atoms with Crippen LogP contribution in [-0.4, -0.2) is 50.5 Å². The second-order valence-electron chi connectivity index (χ2n) is 10.00. The third-order valence-corrected chi connectivity index (χ3v) is 8.62. The minimum absolute atomic E-state index is 0.0266. The fourth-order valence-corrected chi connectivity index (χ4v) is 6.74. The molecule has 0 spiro atoms. The molecule has 1 N–H and O–H groups in total. The van der Waals surface area contributed by atoms with Crippen LogP contribution in [0.2, 0.25) is 0 Å². The topological polar surface area (TPSA) is 116 Å². The van der Waals surface area contributed by atoms with Crippen LogP contribution in [0, 0.1) is 23.7 Å². The van der Waals surface area contributed by atoms with Crippen LogP contribution in [0.5, 0.6) is 0 Å². The van der Waals surface area contributed by atoms with Gasteiger partial charge in [-0.1, -0.05) is 39.3 Å². The molecule has 1 saturated carbocycles. The standard InChI is InChI=1S/C25H35NO7S/c1-16(2)19-9-8-17(3)12-22(19)33-25(29)20-6-4-5-7-21(20)26-23(27)14-32-24(28)13-18-10-11-34(30,31)15-18/h4-7,16-19,22H,8-15H2,1-3H3,(H,26,27). The third kappa shape index (κ3) is 7.29. The SMILES string of the molecule is CC1CCC(C(C)C)C(OC(=O)c2ccccc2NC(=O)COC(=O)CC2CCS(=O)(=O)C2)C1. The van der Waals surface area contributed by atoms with Crippen molar-refractivity contribution in [1.29, 1.82) is 0 Å². The number of anilines is 1. The van der Waals surface area contributed by atoms with Crippen LogP contribution in [0.3, 0.4) is 0 Å². The van der Waals surface area contributed by atoms with E-state index in [1.54, 1.807) is 24.3 Å². The molecule has 2 aliphatic rings. The normalized spacial score (nSPS) is 26.1. The van der Waals surface area contributed by atoms with Gasteiger partial charge in [-0.2, -0.15) is 0 Å².